The molecule has 1 fully saturated rings. The largest absolute Gasteiger partial charge is 0.353 e. The fourth-order valence-corrected chi connectivity index (χ4v) is 3.84. The zero-order valence-electron chi connectivity index (χ0n) is 14.5. The third-order valence-corrected chi connectivity index (χ3v) is 5.36. The number of hydrogen-bond acceptors (Lipinski definition) is 5. The Bertz CT molecular complexity index is 668. The summed E-state index contributed by atoms with van der Waals surface area (Å²) < 4.78 is 0. The smallest absolute Gasteiger partial charge is 0.225 e. The van der Waals surface area contributed by atoms with Gasteiger partial charge in [-0.3, -0.25) is 9.69 Å². The molecule has 0 spiro atoms. The van der Waals surface area contributed by atoms with E-state index in [1.54, 1.807) is 0 Å². The van der Waals surface area contributed by atoms with Gasteiger partial charge in [0.05, 0.1) is 5.37 Å². The SMILES string of the molecule is CSC1CN(c2ccccn2)CCN1CCC(=O)Nc1ccccc1. The monoisotopic (exact) mass is 356 g/mol. The molecule has 2 heterocycles. The van der Waals surface area contributed by atoms with Crippen molar-refractivity contribution in [2.24, 2.45) is 0 Å². The van der Waals surface area contributed by atoms with Crippen LogP contribution in [0.5, 0.6) is 0 Å². The second kappa shape index (κ2) is 8.87. The van der Waals surface area contributed by atoms with Gasteiger partial charge >= 0.3 is 0 Å². The minimum absolute atomic E-state index is 0.0678. The second-order valence-corrected chi connectivity index (χ2v) is 7.04. The Balaban J connectivity index is 1.50. The van der Waals surface area contributed by atoms with E-state index in [2.05, 4.69) is 32.4 Å². The number of piperazine rings is 1. The maximum atomic E-state index is 12.2. The molecule has 6 heteroatoms. The maximum Gasteiger partial charge on any atom is 0.225 e. The number of pyridine rings is 1. The van der Waals surface area contributed by atoms with E-state index in [9.17, 15) is 4.79 Å². The minimum Gasteiger partial charge on any atom is -0.353 e. The van der Waals surface area contributed by atoms with E-state index in [1.807, 2.05) is 60.4 Å². The lowest BCUT2D eigenvalue weighted by atomic mass is 10.2. The first-order valence-electron chi connectivity index (χ1n) is 8.54. The zero-order valence-corrected chi connectivity index (χ0v) is 15.3. The van der Waals surface area contributed by atoms with Crippen LogP contribution in [0, 0.1) is 0 Å². The highest BCUT2D eigenvalue weighted by molar-refractivity contribution is 7.99. The molecule has 2 aromatic rings. The molecule has 0 bridgehead atoms. The maximum absolute atomic E-state index is 12.2. The molecule has 132 valence electrons. The lowest BCUT2D eigenvalue weighted by Crippen LogP contribution is -2.52. The highest BCUT2D eigenvalue weighted by Crippen LogP contribution is 2.22. The third-order valence-electron chi connectivity index (χ3n) is 4.37. The molecule has 1 aromatic carbocycles. The number of aromatic nitrogens is 1. The summed E-state index contributed by atoms with van der Waals surface area (Å²) in [5.41, 5.74) is 0.855. The van der Waals surface area contributed by atoms with Crippen molar-refractivity contribution >= 4 is 29.2 Å². The molecule has 3 rings (SSSR count). The summed E-state index contributed by atoms with van der Waals surface area (Å²) in [7, 11) is 0. The fraction of sp³-hybridized carbons (Fsp3) is 0.368. The van der Waals surface area contributed by atoms with Gasteiger partial charge in [-0.25, -0.2) is 4.98 Å². The molecular weight excluding hydrogens is 332 g/mol. The standard InChI is InChI=1S/C19H24N4OS/c1-25-19-15-23(17-9-5-6-11-20-17)14-13-22(19)12-10-18(24)21-16-7-3-2-4-8-16/h2-9,11,19H,10,12-15H2,1H3,(H,21,24). The number of hydrogen-bond donors (Lipinski definition) is 1. The number of thioether (sulfide) groups is 1. The van der Waals surface area contributed by atoms with Gasteiger partial charge in [0.2, 0.25) is 5.91 Å². The van der Waals surface area contributed by atoms with Crippen LogP contribution in [0.4, 0.5) is 11.5 Å². The van der Waals surface area contributed by atoms with Crippen molar-refractivity contribution in [3.8, 4) is 0 Å². The Morgan fingerprint density at radius 1 is 1.20 bits per heavy atom. The molecule has 1 aliphatic heterocycles. The van der Waals surface area contributed by atoms with E-state index in [0.717, 1.165) is 37.7 Å². The number of amides is 1. The molecule has 1 amide bonds. The number of anilines is 2. The van der Waals surface area contributed by atoms with Crippen molar-refractivity contribution in [1.29, 1.82) is 0 Å². The number of para-hydroxylation sites is 1. The highest BCUT2D eigenvalue weighted by atomic mass is 32.2. The number of benzene rings is 1. The number of nitrogens with zero attached hydrogens (tertiary/aromatic N) is 3. The van der Waals surface area contributed by atoms with Crippen molar-refractivity contribution in [3.05, 3.63) is 54.7 Å². The molecule has 1 atom stereocenters. The van der Waals surface area contributed by atoms with E-state index < -0.39 is 0 Å². The van der Waals surface area contributed by atoms with Gasteiger partial charge in [0.1, 0.15) is 5.82 Å². The molecule has 0 radical (unpaired) electrons. The van der Waals surface area contributed by atoms with Crippen LogP contribution in [-0.2, 0) is 4.79 Å². The van der Waals surface area contributed by atoms with E-state index in [0.29, 0.717) is 11.8 Å². The first-order valence-corrected chi connectivity index (χ1v) is 9.83. The molecule has 0 aliphatic carbocycles. The van der Waals surface area contributed by atoms with Crippen molar-refractivity contribution in [2.75, 3.05) is 42.7 Å². The van der Waals surface area contributed by atoms with E-state index >= 15 is 0 Å². The van der Waals surface area contributed by atoms with Crippen LogP contribution in [-0.4, -0.2) is 53.6 Å². The van der Waals surface area contributed by atoms with Gasteiger partial charge in [-0.05, 0) is 30.5 Å². The van der Waals surface area contributed by atoms with Crippen molar-refractivity contribution in [2.45, 2.75) is 11.8 Å². The molecule has 5 nitrogen and oxygen atoms in total. The lowest BCUT2D eigenvalue weighted by molar-refractivity contribution is -0.116. The minimum atomic E-state index is 0.0678. The van der Waals surface area contributed by atoms with Gasteiger partial charge in [-0.1, -0.05) is 24.3 Å². The normalized spacial score (nSPS) is 18.1. The van der Waals surface area contributed by atoms with E-state index in [1.165, 1.54) is 0 Å². The van der Waals surface area contributed by atoms with Crippen LogP contribution in [0.1, 0.15) is 6.42 Å². The van der Waals surface area contributed by atoms with Crippen LogP contribution < -0.4 is 10.2 Å². The average molecular weight is 356 g/mol. The van der Waals surface area contributed by atoms with Crippen molar-refractivity contribution in [1.82, 2.24) is 9.88 Å². The summed E-state index contributed by atoms with van der Waals surface area (Å²) in [5.74, 6) is 1.10. The Hall–Kier alpha value is -2.05. The summed E-state index contributed by atoms with van der Waals surface area (Å²) in [6.07, 6.45) is 4.48. The van der Waals surface area contributed by atoms with Gasteiger partial charge in [0, 0.05) is 44.5 Å². The van der Waals surface area contributed by atoms with Gasteiger partial charge in [-0.2, -0.15) is 0 Å². The molecule has 1 aliphatic rings. The molecule has 1 unspecified atom stereocenters. The summed E-state index contributed by atoms with van der Waals surface area (Å²) in [6.45, 7) is 3.59. The molecule has 1 aromatic heterocycles. The lowest BCUT2D eigenvalue weighted by Gasteiger charge is -2.41. The molecule has 0 saturated carbocycles. The van der Waals surface area contributed by atoms with Gasteiger partial charge in [0.15, 0.2) is 0 Å². The van der Waals surface area contributed by atoms with Crippen LogP contribution >= 0.6 is 11.8 Å². The Morgan fingerprint density at radius 2 is 2.00 bits per heavy atom. The highest BCUT2D eigenvalue weighted by Gasteiger charge is 2.27. The van der Waals surface area contributed by atoms with E-state index in [-0.39, 0.29) is 5.91 Å². The van der Waals surface area contributed by atoms with Crippen LogP contribution in [0.25, 0.3) is 0 Å². The summed E-state index contributed by atoms with van der Waals surface area (Å²) in [5, 5.41) is 3.33. The van der Waals surface area contributed by atoms with Crippen LogP contribution in [0.2, 0.25) is 0 Å². The Labute approximate surface area is 153 Å². The van der Waals surface area contributed by atoms with Gasteiger partial charge in [-0.15, -0.1) is 11.8 Å². The first-order chi connectivity index (χ1) is 12.3. The molecular formula is C19H24N4OS. The number of carbonyl (C=O) groups is 1. The number of rotatable bonds is 6. The topological polar surface area (TPSA) is 48.5 Å². The van der Waals surface area contributed by atoms with Crippen LogP contribution in [0.3, 0.4) is 0 Å². The summed E-state index contributed by atoms with van der Waals surface area (Å²) >= 11 is 1.83. The third kappa shape index (κ3) is 4.96. The molecule has 1 saturated heterocycles. The Kier molecular flexibility index (Phi) is 6.30. The van der Waals surface area contributed by atoms with E-state index in [4.69, 9.17) is 0 Å². The number of carbonyl (C=O) groups excluding carboxylic acids is 1. The average Bonchev–Trinajstić information content (AvgIpc) is 2.67. The van der Waals surface area contributed by atoms with Crippen LogP contribution in [0.15, 0.2) is 54.7 Å². The quantitative estimate of drug-likeness (QED) is 0.862. The fourth-order valence-electron chi connectivity index (χ4n) is 3.01. The zero-order chi connectivity index (χ0) is 17.5. The van der Waals surface area contributed by atoms with Crippen molar-refractivity contribution in [3.63, 3.8) is 0 Å². The van der Waals surface area contributed by atoms with Gasteiger partial charge < -0.3 is 10.2 Å². The number of nitrogens with one attached hydrogen (secondary N) is 1. The summed E-state index contributed by atoms with van der Waals surface area (Å²) in [4.78, 5) is 21.3. The summed E-state index contributed by atoms with van der Waals surface area (Å²) in [6, 6.07) is 15.6. The second-order valence-electron chi connectivity index (χ2n) is 6.02. The molecule has 1 N–H and O–H groups in total. The Morgan fingerprint density at radius 3 is 2.72 bits per heavy atom. The predicted molar refractivity (Wildman–Crippen MR) is 105 cm³/mol. The predicted octanol–water partition coefficient (Wildman–Crippen LogP) is 2.92. The van der Waals surface area contributed by atoms with Gasteiger partial charge in [0.25, 0.3) is 0 Å². The van der Waals surface area contributed by atoms with Crippen molar-refractivity contribution < 1.29 is 4.79 Å². The first kappa shape index (κ1) is 17.8. The molecule has 25 heavy (non-hydrogen) atoms.